The summed E-state index contributed by atoms with van der Waals surface area (Å²) in [6.45, 7) is 0.648. The maximum atomic E-state index is 12.5. The normalized spacial score (nSPS) is 12.1. The largest absolute Gasteiger partial charge is 0.494 e. The number of alkyl halides is 3. The number of hydrogen-bond donors (Lipinski definition) is 2. The lowest BCUT2D eigenvalue weighted by Crippen LogP contribution is -2.10. The predicted molar refractivity (Wildman–Crippen MR) is 108 cm³/mol. The summed E-state index contributed by atoms with van der Waals surface area (Å²) >= 11 is 0. The molecule has 2 rings (SSSR count). The minimum absolute atomic E-state index is 0.0174. The number of unbranched alkanes of at least 4 members (excludes halogenated alkanes) is 3. The van der Waals surface area contributed by atoms with E-state index in [1.165, 1.54) is 12.1 Å². The van der Waals surface area contributed by atoms with E-state index < -0.39 is 11.7 Å². The summed E-state index contributed by atoms with van der Waals surface area (Å²) in [4.78, 5) is 0. The maximum absolute atomic E-state index is 12.5. The van der Waals surface area contributed by atoms with E-state index in [4.69, 9.17) is 14.9 Å². The van der Waals surface area contributed by atoms with Crippen molar-refractivity contribution in [3.63, 3.8) is 0 Å². The van der Waals surface area contributed by atoms with Crippen molar-refractivity contribution in [2.45, 2.75) is 38.3 Å². The van der Waals surface area contributed by atoms with Crippen LogP contribution in [-0.2, 0) is 6.18 Å². The Labute approximate surface area is 174 Å². The summed E-state index contributed by atoms with van der Waals surface area (Å²) < 4.78 is 43.3. The molecule has 0 bridgehead atoms. The zero-order valence-electron chi connectivity index (χ0n) is 16.7. The smallest absolute Gasteiger partial charge is 0.416 e. The molecule has 0 aromatic heterocycles. The molecule has 0 radical (unpaired) electrons. The molecule has 0 unspecified atom stereocenters. The first-order valence-electron chi connectivity index (χ1n) is 9.96. The summed E-state index contributed by atoms with van der Waals surface area (Å²) in [6, 6.07) is 11.5. The molecule has 0 heterocycles. The average Bonchev–Trinajstić information content (AvgIpc) is 2.75. The zero-order chi connectivity index (χ0) is 21.8. The molecule has 0 saturated carbocycles. The second kappa shape index (κ2) is 12.3. The number of rotatable bonds is 12. The van der Waals surface area contributed by atoms with Gasteiger partial charge >= 0.3 is 6.18 Å². The van der Waals surface area contributed by atoms with Gasteiger partial charge in [-0.1, -0.05) is 19.3 Å². The van der Waals surface area contributed by atoms with Gasteiger partial charge in [0.05, 0.1) is 23.5 Å². The van der Waals surface area contributed by atoms with Crippen molar-refractivity contribution in [3.05, 3.63) is 54.1 Å². The highest BCUT2D eigenvalue weighted by molar-refractivity contribution is 5.43. The van der Waals surface area contributed by atoms with E-state index in [2.05, 4.69) is 10.2 Å². The molecule has 2 aromatic carbocycles. The van der Waals surface area contributed by atoms with Crippen LogP contribution in [0, 0.1) is 5.92 Å². The van der Waals surface area contributed by atoms with Crippen LogP contribution in [0.4, 0.5) is 24.5 Å². The fourth-order valence-corrected chi connectivity index (χ4v) is 2.76. The number of ether oxygens (including phenoxy) is 1. The molecule has 0 atom stereocenters. The molecule has 164 valence electrons. The van der Waals surface area contributed by atoms with Gasteiger partial charge in [-0.05, 0) is 61.4 Å². The lowest BCUT2D eigenvalue weighted by molar-refractivity contribution is -0.137. The lowest BCUT2D eigenvalue weighted by Gasteiger charge is -2.10. The number of nitrogens with zero attached hydrogens (tertiary/aromatic N) is 2. The summed E-state index contributed by atoms with van der Waals surface area (Å²) in [7, 11) is 0. The minimum Gasteiger partial charge on any atom is -0.494 e. The first kappa shape index (κ1) is 23.8. The van der Waals surface area contributed by atoms with E-state index in [1.54, 1.807) is 24.3 Å². The van der Waals surface area contributed by atoms with Crippen molar-refractivity contribution in [3.8, 4) is 5.75 Å². The van der Waals surface area contributed by atoms with Crippen LogP contribution in [0.1, 0.15) is 37.7 Å². The molecule has 2 aromatic rings. The van der Waals surface area contributed by atoms with E-state index in [-0.39, 0.29) is 19.1 Å². The molecule has 0 saturated heterocycles. The summed E-state index contributed by atoms with van der Waals surface area (Å²) in [6.07, 6.45) is 0.402. The highest BCUT2D eigenvalue weighted by atomic mass is 19.4. The first-order valence-corrected chi connectivity index (χ1v) is 9.96. The van der Waals surface area contributed by atoms with Crippen molar-refractivity contribution in [2.75, 3.05) is 19.8 Å². The molecule has 8 heteroatoms. The number of halogens is 3. The standard InChI is InChI=1S/C22H27F3N2O3/c23-22(24,25)18-6-8-19(9-7-18)26-27-20-10-12-21(13-11-20)30-14-4-2-1-3-5-17(15-28)16-29/h6-13,17,28-29H,1-5,14-16H2. The first-order chi connectivity index (χ1) is 14.4. The molecule has 0 aliphatic rings. The monoisotopic (exact) mass is 424 g/mol. The van der Waals surface area contributed by atoms with Gasteiger partial charge in [0.25, 0.3) is 0 Å². The molecule has 0 fully saturated rings. The Morgan fingerprint density at radius 1 is 0.767 bits per heavy atom. The highest BCUT2D eigenvalue weighted by Crippen LogP contribution is 2.30. The Kier molecular flexibility index (Phi) is 9.76. The van der Waals surface area contributed by atoms with Crippen LogP contribution >= 0.6 is 0 Å². The Hall–Kier alpha value is -2.45. The van der Waals surface area contributed by atoms with Crippen molar-refractivity contribution in [2.24, 2.45) is 16.1 Å². The third-order valence-electron chi connectivity index (χ3n) is 4.60. The number of aliphatic hydroxyl groups is 2. The Balaban J connectivity index is 1.69. The van der Waals surface area contributed by atoms with E-state index in [0.717, 1.165) is 44.2 Å². The van der Waals surface area contributed by atoms with Crippen LogP contribution in [0.2, 0.25) is 0 Å². The molecule has 2 N–H and O–H groups in total. The highest BCUT2D eigenvalue weighted by Gasteiger charge is 2.29. The van der Waals surface area contributed by atoms with Gasteiger partial charge in [0.1, 0.15) is 5.75 Å². The van der Waals surface area contributed by atoms with Crippen molar-refractivity contribution < 1.29 is 28.1 Å². The summed E-state index contributed by atoms with van der Waals surface area (Å²) in [5.74, 6) is 0.695. The van der Waals surface area contributed by atoms with Gasteiger partial charge in [0, 0.05) is 19.1 Å². The van der Waals surface area contributed by atoms with Crippen LogP contribution in [0.5, 0.6) is 5.75 Å². The number of aliphatic hydroxyl groups excluding tert-OH is 2. The minimum atomic E-state index is -4.37. The van der Waals surface area contributed by atoms with Gasteiger partial charge in [-0.2, -0.15) is 23.4 Å². The maximum Gasteiger partial charge on any atom is 0.416 e. The van der Waals surface area contributed by atoms with Gasteiger partial charge < -0.3 is 14.9 Å². The molecule has 30 heavy (non-hydrogen) atoms. The van der Waals surface area contributed by atoms with Crippen LogP contribution in [0.15, 0.2) is 58.8 Å². The van der Waals surface area contributed by atoms with E-state index in [0.29, 0.717) is 23.7 Å². The number of azo groups is 1. The lowest BCUT2D eigenvalue weighted by atomic mass is 10.0. The van der Waals surface area contributed by atoms with Crippen molar-refractivity contribution in [1.29, 1.82) is 0 Å². The molecular formula is C22H27F3N2O3. The summed E-state index contributed by atoms with van der Waals surface area (Å²) in [5.41, 5.74) is 0.194. The fraction of sp³-hybridized carbons (Fsp3) is 0.455. The van der Waals surface area contributed by atoms with Gasteiger partial charge in [0.15, 0.2) is 0 Å². The molecule has 0 aliphatic heterocycles. The second-order valence-corrected chi connectivity index (χ2v) is 7.02. The number of hydrogen-bond acceptors (Lipinski definition) is 5. The topological polar surface area (TPSA) is 74.4 Å². The van der Waals surface area contributed by atoms with Gasteiger partial charge in [-0.25, -0.2) is 0 Å². The summed E-state index contributed by atoms with van der Waals surface area (Å²) in [5, 5.41) is 26.0. The third kappa shape index (κ3) is 8.51. The van der Waals surface area contributed by atoms with Crippen LogP contribution in [0.3, 0.4) is 0 Å². The van der Waals surface area contributed by atoms with Crippen LogP contribution in [0.25, 0.3) is 0 Å². The quantitative estimate of drug-likeness (QED) is 0.322. The van der Waals surface area contributed by atoms with E-state index in [9.17, 15) is 13.2 Å². The molecule has 0 aliphatic carbocycles. The Bertz CT molecular complexity index is 759. The fourth-order valence-electron chi connectivity index (χ4n) is 2.76. The van der Waals surface area contributed by atoms with Gasteiger partial charge in [-0.15, -0.1) is 0 Å². The molecule has 5 nitrogen and oxygen atoms in total. The van der Waals surface area contributed by atoms with Crippen molar-refractivity contribution in [1.82, 2.24) is 0 Å². The van der Waals surface area contributed by atoms with Gasteiger partial charge in [0.2, 0.25) is 0 Å². The Morgan fingerprint density at radius 3 is 1.83 bits per heavy atom. The average molecular weight is 424 g/mol. The number of benzene rings is 2. The second-order valence-electron chi connectivity index (χ2n) is 7.02. The van der Waals surface area contributed by atoms with E-state index in [1.807, 2.05) is 0 Å². The van der Waals surface area contributed by atoms with Crippen molar-refractivity contribution >= 4 is 11.4 Å². The SMILES string of the molecule is OCC(CO)CCCCCCOc1ccc(N=Nc2ccc(C(F)(F)F)cc2)cc1. The predicted octanol–water partition coefficient (Wildman–Crippen LogP) is 6.05. The van der Waals surface area contributed by atoms with Crippen LogP contribution < -0.4 is 4.74 Å². The van der Waals surface area contributed by atoms with Crippen LogP contribution in [-0.4, -0.2) is 30.0 Å². The molecular weight excluding hydrogens is 397 g/mol. The Morgan fingerprint density at radius 2 is 1.30 bits per heavy atom. The van der Waals surface area contributed by atoms with E-state index >= 15 is 0 Å². The molecule has 0 spiro atoms. The molecule has 0 amide bonds. The van der Waals surface area contributed by atoms with Gasteiger partial charge in [-0.3, -0.25) is 0 Å². The zero-order valence-corrected chi connectivity index (χ0v) is 16.7. The third-order valence-corrected chi connectivity index (χ3v) is 4.60.